The predicted molar refractivity (Wildman–Crippen MR) is 79.6 cm³/mol. The molecule has 1 aliphatic carbocycles. The Bertz CT molecular complexity index is 323. The van der Waals surface area contributed by atoms with Crippen LogP contribution in [-0.2, 0) is 0 Å². The molecule has 0 amide bonds. The van der Waals surface area contributed by atoms with Crippen LogP contribution in [0.1, 0.15) is 51.4 Å². The van der Waals surface area contributed by atoms with Crippen LogP contribution < -0.4 is 4.74 Å². The average Bonchev–Trinajstić information content (AvgIpc) is 2.52. The van der Waals surface area contributed by atoms with Crippen LogP contribution in [0.3, 0.4) is 0 Å². The van der Waals surface area contributed by atoms with Gasteiger partial charge in [0.15, 0.2) is 0 Å². The quantitative estimate of drug-likeness (QED) is 0.747. The maximum Gasteiger partial charge on any atom is 0.119 e. The van der Waals surface area contributed by atoms with Crippen LogP contribution in [0.5, 0.6) is 5.75 Å². The van der Waals surface area contributed by atoms with Crippen LogP contribution >= 0.6 is 12.6 Å². The fourth-order valence-electron chi connectivity index (χ4n) is 2.64. The standard InChI is InChI=1S/C16H24OS/c18-16-11-9-15(10-12-16)17-13-14-7-5-3-1-2-4-6-8-14/h9-12,14,18H,1-8,13H2. The molecular formula is C16H24OS. The molecule has 2 rings (SSSR count). The number of thiol groups is 1. The van der Waals surface area contributed by atoms with E-state index < -0.39 is 0 Å². The summed E-state index contributed by atoms with van der Waals surface area (Å²) in [6.07, 6.45) is 11.1. The average molecular weight is 264 g/mol. The molecule has 18 heavy (non-hydrogen) atoms. The fraction of sp³-hybridized carbons (Fsp3) is 0.625. The summed E-state index contributed by atoms with van der Waals surface area (Å²) in [4.78, 5) is 0.991. The van der Waals surface area contributed by atoms with Crippen molar-refractivity contribution in [3.63, 3.8) is 0 Å². The molecule has 0 unspecified atom stereocenters. The van der Waals surface area contributed by atoms with Gasteiger partial charge in [0, 0.05) is 4.90 Å². The summed E-state index contributed by atoms with van der Waals surface area (Å²) in [6.45, 7) is 0.881. The fourth-order valence-corrected chi connectivity index (χ4v) is 2.79. The minimum atomic E-state index is 0.749. The number of hydrogen-bond acceptors (Lipinski definition) is 2. The molecule has 1 fully saturated rings. The topological polar surface area (TPSA) is 9.23 Å². The number of hydrogen-bond donors (Lipinski definition) is 1. The van der Waals surface area contributed by atoms with Gasteiger partial charge in [-0.25, -0.2) is 0 Å². The molecule has 1 nitrogen and oxygen atoms in total. The van der Waals surface area contributed by atoms with E-state index in [1.807, 2.05) is 24.3 Å². The molecule has 1 aliphatic rings. The SMILES string of the molecule is Sc1ccc(OCC2CCCCCCCC2)cc1. The third-order valence-electron chi connectivity index (χ3n) is 3.80. The van der Waals surface area contributed by atoms with Crippen LogP contribution in [-0.4, -0.2) is 6.61 Å². The minimum Gasteiger partial charge on any atom is -0.493 e. The first-order valence-corrected chi connectivity index (χ1v) is 7.71. The zero-order chi connectivity index (χ0) is 12.6. The van der Waals surface area contributed by atoms with Gasteiger partial charge in [-0.3, -0.25) is 0 Å². The van der Waals surface area contributed by atoms with Crippen LogP contribution in [0.4, 0.5) is 0 Å². The Balaban J connectivity index is 1.78. The Morgan fingerprint density at radius 1 is 0.889 bits per heavy atom. The van der Waals surface area contributed by atoms with Gasteiger partial charge in [0.1, 0.15) is 5.75 Å². The molecule has 0 radical (unpaired) electrons. The van der Waals surface area contributed by atoms with Gasteiger partial charge >= 0.3 is 0 Å². The first kappa shape index (κ1) is 13.8. The highest BCUT2D eigenvalue weighted by atomic mass is 32.1. The van der Waals surface area contributed by atoms with Crippen molar-refractivity contribution in [1.82, 2.24) is 0 Å². The Morgan fingerprint density at radius 2 is 1.44 bits per heavy atom. The lowest BCUT2D eigenvalue weighted by Gasteiger charge is -2.16. The molecule has 2 heteroatoms. The minimum absolute atomic E-state index is 0.749. The molecule has 0 heterocycles. The Labute approximate surface area is 116 Å². The summed E-state index contributed by atoms with van der Waals surface area (Å²) in [5, 5.41) is 0. The molecule has 0 N–H and O–H groups in total. The Hall–Kier alpha value is -0.630. The molecule has 0 aromatic heterocycles. The van der Waals surface area contributed by atoms with E-state index in [9.17, 15) is 0 Å². The maximum absolute atomic E-state index is 5.90. The van der Waals surface area contributed by atoms with Crippen molar-refractivity contribution in [3.8, 4) is 5.75 Å². The second-order valence-corrected chi connectivity index (χ2v) is 5.89. The van der Waals surface area contributed by atoms with Crippen molar-refractivity contribution in [3.05, 3.63) is 24.3 Å². The lowest BCUT2D eigenvalue weighted by molar-refractivity contribution is 0.227. The molecule has 1 aromatic carbocycles. The largest absolute Gasteiger partial charge is 0.493 e. The van der Waals surface area contributed by atoms with E-state index >= 15 is 0 Å². The lowest BCUT2D eigenvalue weighted by atomic mass is 9.98. The van der Waals surface area contributed by atoms with Crippen molar-refractivity contribution >= 4 is 12.6 Å². The maximum atomic E-state index is 5.90. The summed E-state index contributed by atoms with van der Waals surface area (Å²) in [6, 6.07) is 8.00. The zero-order valence-electron chi connectivity index (χ0n) is 11.1. The third kappa shape index (κ3) is 4.93. The molecule has 0 aliphatic heterocycles. The highest BCUT2D eigenvalue weighted by molar-refractivity contribution is 7.80. The first-order valence-electron chi connectivity index (χ1n) is 7.26. The van der Waals surface area contributed by atoms with Crippen molar-refractivity contribution < 1.29 is 4.74 Å². The lowest BCUT2D eigenvalue weighted by Crippen LogP contribution is -2.12. The number of benzene rings is 1. The van der Waals surface area contributed by atoms with E-state index in [0.717, 1.165) is 23.2 Å². The molecule has 0 saturated heterocycles. The Kier molecular flexibility index (Phi) is 5.92. The summed E-state index contributed by atoms with van der Waals surface area (Å²) >= 11 is 4.28. The third-order valence-corrected chi connectivity index (χ3v) is 4.10. The van der Waals surface area contributed by atoms with Crippen molar-refractivity contribution in [2.45, 2.75) is 56.3 Å². The predicted octanol–water partition coefficient (Wildman–Crippen LogP) is 5.10. The van der Waals surface area contributed by atoms with Crippen LogP contribution in [0.25, 0.3) is 0 Å². The number of rotatable bonds is 3. The molecule has 100 valence electrons. The highest BCUT2D eigenvalue weighted by Crippen LogP contribution is 2.23. The van der Waals surface area contributed by atoms with Gasteiger partial charge < -0.3 is 4.74 Å². The molecule has 1 aromatic rings. The molecule has 0 bridgehead atoms. The zero-order valence-corrected chi connectivity index (χ0v) is 12.0. The first-order chi connectivity index (χ1) is 8.84. The van der Waals surface area contributed by atoms with Crippen molar-refractivity contribution in [1.29, 1.82) is 0 Å². The van der Waals surface area contributed by atoms with Crippen LogP contribution in [0.15, 0.2) is 29.2 Å². The number of ether oxygens (including phenoxy) is 1. The van der Waals surface area contributed by atoms with Gasteiger partial charge in [0.05, 0.1) is 6.61 Å². The van der Waals surface area contributed by atoms with E-state index in [-0.39, 0.29) is 0 Å². The van der Waals surface area contributed by atoms with E-state index in [2.05, 4.69) is 12.6 Å². The van der Waals surface area contributed by atoms with E-state index in [4.69, 9.17) is 4.74 Å². The smallest absolute Gasteiger partial charge is 0.119 e. The van der Waals surface area contributed by atoms with Gasteiger partial charge in [-0.05, 0) is 43.0 Å². The second-order valence-electron chi connectivity index (χ2n) is 5.37. The molecule has 0 spiro atoms. The van der Waals surface area contributed by atoms with E-state index in [1.54, 1.807) is 0 Å². The molecular weight excluding hydrogens is 240 g/mol. The second kappa shape index (κ2) is 7.73. The summed E-state index contributed by atoms with van der Waals surface area (Å²) in [5.74, 6) is 1.73. The van der Waals surface area contributed by atoms with Crippen molar-refractivity contribution in [2.75, 3.05) is 6.61 Å². The van der Waals surface area contributed by atoms with E-state index in [1.165, 1.54) is 51.4 Å². The van der Waals surface area contributed by atoms with Gasteiger partial charge in [-0.15, -0.1) is 12.6 Å². The summed E-state index contributed by atoms with van der Waals surface area (Å²) in [5.41, 5.74) is 0. The van der Waals surface area contributed by atoms with Crippen LogP contribution in [0.2, 0.25) is 0 Å². The normalized spacial score (nSPS) is 18.7. The van der Waals surface area contributed by atoms with Crippen molar-refractivity contribution in [2.24, 2.45) is 5.92 Å². The summed E-state index contributed by atoms with van der Waals surface area (Å²) < 4.78 is 5.90. The highest BCUT2D eigenvalue weighted by Gasteiger charge is 2.11. The van der Waals surface area contributed by atoms with Gasteiger partial charge in [-0.2, -0.15) is 0 Å². The van der Waals surface area contributed by atoms with Gasteiger partial charge in [-0.1, -0.05) is 38.5 Å². The molecule has 1 saturated carbocycles. The van der Waals surface area contributed by atoms with Crippen LogP contribution in [0, 0.1) is 5.92 Å². The van der Waals surface area contributed by atoms with E-state index in [0.29, 0.717) is 0 Å². The Morgan fingerprint density at radius 3 is 2.06 bits per heavy atom. The monoisotopic (exact) mass is 264 g/mol. The van der Waals surface area contributed by atoms with Gasteiger partial charge in [0.2, 0.25) is 0 Å². The molecule has 0 atom stereocenters. The van der Waals surface area contributed by atoms with Gasteiger partial charge in [0.25, 0.3) is 0 Å². The summed E-state index contributed by atoms with van der Waals surface area (Å²) in [7, 11) is 0.